The van der Waals surface area contributed by atoms with Gasteiger partial charge in [0.2, 0.25) is 0 Å². The third kappa shape index (κ3) is 7.11. The zero-order valence-corrected chi connectivity index (χ0v) is 32.3. The second-order valence-corrected chi connectivity index (χ2v) is 14.9. The minimum Gasteiger partial charge on any atom is -0.505 e. The predicted molar refractivity (Wildman–Crippen MR) is 205 cm³/mol. The summed E-state index contributed by atoms with van der Waals surface area (Å²) in [5.74, 6) is 0.964. The first-order chi connectivity index (χ1) is 23.9. The molecule has 0 aliphatic rings. The molecule has 0 unspecified atom stereocenters. The van der Waals surface area contributed by atoms with Crippen LogP contribution in [0.25, 0.3) is 38.8 Å². The molecule has 1 N–H and O–H groups in total. The number of benzene rings is 5. The first-order valence-corrected chi connectivity index (χ1v) is 17.0. The van der Waals surface area contributed by atoms with Crippen molar-refractivity contribution in [1.29, 1.82) is 0 Å². The number of rotatable bonds is 6. The van der Waals surface area contributed by atoms with E-state index in [2.05, 4.69) is 125 Å². The van der Waals surface area contributed by atoms with Crippen LogP contribution in [-0.4, -0.2) is 25.1 Å². The predicted octanol–water partition coefficient (Wildman–Crippen LogP) is 11.0. The summed E-state index contributed by atoms with van der Waals surface area (Å²) in [6.45, 7) is 14.8. The van der Waals surface area contributed by atoms with Crippen LogP contribution < -0.4 is 4.90 Å². The first kappa shape index (κ1) is 35.8. The molecule has 5 aromatic carbocycles. The Morgan fingerprint density at radius 2 is 1.41 bits per heavy atom. The van der Waals surface area contributed by atoms with Gasteiger partial charge in [0, 0.05) is 49.6 Å². The van der Waals surface area contributed by atoms with Gasteiger partial charge in [-0.05, 0) is 69.8 Å². The Labute approximate surface area is 315 Å². The van der Waals surface area contributed by atoms with E-state index >= 15 is 0 Å². The van der Waals surface area contributed by atoms with Crippen molar-refractivity contribution in [3.63, 3.8) is 0 Å². The minimum atomic E-state index is -0.274. The van der Waals surface area contributed by atoms with Gasteiger partial charge >= 0.3 is 0 Å². The van der Waals surface area contributed by atoms with Crippen LogP contribution in [-0.2, 0) is 31.9 Å². The Kier molecular flexibility index (Phi) is 9.76. The van der Waals surface area contributed by atoms with Crippen LogP contribution in [0.1, 0.15) is 58.4 Å². The molecule has 7 rings (SSSR count). The van der Waals surface area contributed by atoms with Crippen LogP contribution in [0.4, 0.5) is 17.2 Å². The number of aromatic nitrogens is 4. The fourth-order valence-electron chi connectivity index (χ4n) is 6.37. The van der Waals surface area contributed by atoms with Gasteiger partial charge in [-0.2, -0.15) is 15.0 Å². The van der Waals surface area contributed by atoms with Gasteiger partial charge in [-0.15, -0.1) is 29.8 Å². The van der Waals surface area contributed by atoms with Crippen molar-refractivity contribution in [3.05, 3.63) is 144 Å². The maximum atomic E-state index is 11.6. The van der Waals surface area contributed by atoms with Gasteiger partial charge in [0.1, 0.15) is 17.3 Å². The quantitative estimate of drug-likeness (QED) is 0.169. The van der Waals surface area contributed by atoms with Crippen molar-refractivity contribution < 1.29 is 26.2 Å². The summed E-state index contributed by atoms with van der Waals surface area (Å²) in [6.07, 6.45) is 1.86. The smallest absolute Gasteiger partial charge is 0.146 e. The molecular formula is C44H42N5OPt-. The number of fused-ring (bicyclic) bond motifs is 1. The first-order valence-electron chi connectivity index (χ1n) is 17.0. The van der Waals surface area contributed by atoms with Crippen molar-refractivity contribution in [1.82, 2.24) is 20.0 Å². The summed E-state index contributed by atoms with van der Waals surface area (Å²) in [5, 5.41) is 23.6. The third-order valence-corrected chi connectivity index (χ3v) is 9.13. The Bertz CT molecular complexity index is 2330. The zero-order chi connectivity index (χ0) is 35.2. The van der Waals surface area contributed by atoms with Crippen LogP contribution in [0.15, 0.2) is 121 Å². The second kappa shape index (κ2) is 13.9. The molecule has 6 nitrogen and oxygen atoms in total. The number of hydrogen-bond acceptors (Lipinski definition) is 5. The number of phenolic OH excluding ortho intramolecular Hbond substituents is 1. The molecule has 2 aromatic heterocycles. The normalized spacial score (nSPS) is 11.7. The van der Waals surface area contributed by atoms with Gasteiger partial charge in [0.25, 0.3) is 0 Å². The number of phenols is 1. The molecule has 51 heavy (non-hydrogen) atoms. The maximum Gasteiger partial charge on any atom is 0.146 e. The molecular weight excluding hydrogens is 810 g/mol. The molecule has 0 saturated carbocycles. The molecule has 0 aliphatic heterocycles. The fourth-order valence-corrected chi connectivity index (χ4v) is 6.37. The average molecular weight is 852 g/mol. The van der Waals surface area contributed by atoms with Crippen LogP contribution in [0.3, 0.4) is 0 Å². The van der Waals surface area contributed by atoms with E-state index in [0.29, 0.717) is 11.4 Å². The Balaban J connectivity index is 0.00000448. The molecule has 0 spiro atoms. The largest absolute Gasteiger partial charge is 0.505 e. The van der Waals surface area contributed by atoms with Gasteiger partial charge < -0.3 is 10.0 Å². The van der Waals surface area contributed by atoms with E-state index in [-0.39, 0.29) is 37.6 Å². The van der Waals surface area contributed by atoms with Crippen molar-refractivity contribution >= 4 is 28.0 Å². The number of pyridine rings is 1. The molecule has 0 bridgehead atoms. The van der Waals surface area contributed by atoms with Crippen LogP contribution >= 0.6 is 0 Å². The Hall–Kier alpha value is -5.06. The maximum absolute atomic E-state index is 11.6. The Morgan fingerprint density at radius 3 is 2.16 bits per heavy atom. The van der Waals surface area contributed by atoms with E-state index in [0.717, 1.165) is 61.5 Å². The van der Waals surface area contributed by atoms with Gasteiger partial charge in [-0.3, -0.25) is 0 Å². The minimum absolute atomic E-state index is 0. The van der Waals surface area contributed by atoms with Crippen LogP contribution in [0.2, 0.25) is 0 Å². The number of aromatic hydroxyl groups is 1. The van der Waals surface area contributed by atoms with E-state index in [9.17, 15) is 5.11 Å². The molecule has 0 aliphatic carbocycles. The monoisotopic (exact) mass is 851 g/mol. The third-order valence-electron chi connectivity index (χ3n) is 9.13. The van der Waals surface area contributed by atoms with Gasteiger partial charge in [0.15, 0.2) is 0 Å². The van der Waals surface area contributed by atoms with Crippen molar-refractivity contribution in [2.75, 3.05) is 4.90 Å². The summed E-state index contributed by atoms with van der Waals surface area (Å²) in [6, 6.07) is 43.1. The molecule has 0 fully saturated rings. The molecule has 0 amide bonds. The standard InChI is InChI=1S/C44H42N5O.Pt/c1-29-41(47-49(46-29)39-28-34(43(2,3)4)27-37(42(39)50)44(5,6)7)33-19-13-20-35(25-33)48(38-22-14-18-31-17-11-12-21-36(31)38)40-26-32(23-24-45-40)30-15-9-8-10-16-30;/h8-24,26-28,50H,1-7H3;/q-1;. The van der Waals surface area contributed by atoms with E-state index < -0.39 is 0 Å². The van der Waals surface area contributed by atoms with Crippen molar-refractivity contribution in [2.45, 2.75) is 59.3 Å². The van der Waals surface area contributed by atoms with Crippen LogP contribution in [0, 0.1) is 13.0 Å². The van der Waals surface area contributed by atoms with Crippen molar-refractivity contribution in [2.24, 2.45) is 0 Å². The van der Waals surface area contributed by atoms with E-state index in [1.54, 1.807) is 4.80 Å². The summed E-state index contributed by atoms with van der Waals surface area (Å²) in [7, 11) is 0. The molecule has 0 saturated heterocycles. The average Bonchev–Trinajstić information content (AvgIpc) is 3.49. The Morgan fingerprint density at radius 1 is 0.706 bits per heavy atom. The van der Waals surface area contributed by atoms with Gasteiger partial charge in [-0.1, -0.05) is 114 Å². The van der Waals surface area contributed by atoms with E-state index in [1.807, 2.05) is 55.6 Å². The summed E-state index contributed by atoms with van der Waals surface area (Å²) >= 11 is 0. The molecule has 0 atom stereocenters. The zero-order valence-electron chi connectivity index (χ0n) is 30.0. The number of aryl methyl sites for hydroxylation is 1. The fraction of sp³-hybridized carbons (Fsp3) is 0.205. The molecule has 7 aromatic rings. The summed E-state index contributed by atoms with van der Waals surface area (Å²) in [4.78, 5) is 8.63. The number of anilines is 3. The van der Waals surface area contributed by atoms with Gasteiger partial charge in [-0.25, -0.2) is 4.98 Å². The van der Waals surface area contributed by atoms with E-state index in [1.165, 1.54) is 0 Å². The SMILES string of the molecule is Cc1nn(-c2cc(C(C)(C)C)cc(C(C)(C)C)c2O)nc1-c1[c-]c(N(c2cc(-c3ccccc3)ccn2)c2cccc3ccccc23)ccc1.[Pt]. The summed E-state index contributed by atoms with van der Waals surface area (Å²) < 4.78 is 0. The molecule has 2 heterocycles. The van der Waals surface area contributed by atoms with E-state index in [4.69, 9.17) is 15.2 Å². The topological polar surface area (TPSA) is 67.1 Å². The second-order valence-electron chi connectivity index (χ2n) is 14.9. The van der Waals surface area contributed by atoms with Crippen molar-refractivity contribution in [3.8, 4) is 33.8 Å². The summed E-state index contributed by atoms with van der Waals surface area (Å²) in [5.41, 5.74) is 8.34. The van der Waals surface area contributed by atoms with Gasteiger partial charge in [0.05, 0.1) is 5.69 Å². The number of hydrogen-bond donors (Lipinski definition) is 1. The molecule has 7 heteroatoms. The number of nitrogens with zero attached hydrogens (tertiary/aromatic N) is 5. The molecule has 0 radical (unpaired) electrons. The van der Waals surface area contributed by atoms with Crippen LogP contribution in [0.5, 0.6) is 5.75 Å². The molecule has 260 valence electrons.